The van der Waals surface area contributed by atoms with Gasteiger partial charge in [-0.3, -0.25) is 0 Å². The van der Waals surface area contributed by atoms with Crippen LogP contribution in [0.1, 0.15) is 24.5 Å². The fourth-order valence-corrected chi connectivity index (χ4v) is 2.95. The molecule has 2 aliphatic rings. The second-order valence-electron chi connectivity index (χ2n) is 6.89. The molecule has 24 heavy (non-hydrogen) atoms. The largest absolute Gasteiger partial charge is 0.363 e. The minimum atomic E-state index is 0.430. The second-order valence-corrected chi connectivity index (χ2v) is 6.89. The summed E-state index contributed by atoms with van der Waals surface area (Å²) in [7, 11) is 6.06. The highest BCUT2D eigenvalue weighted by atomic mass is 15.4. The van der Waals surface area contributed by atoms with Crippen LogP contribution in [0.15, 0.2) is 24.5 Å². The van der Waals surface area contributed by atoms with Crippen molar-refractivity contribution in [3.8, 4) is 0 Å². The maximum atomic E-state index is 4.40. The van der Waals surface area contributed by atoms with Crippen LogP contribution in [-0.2, 0) is 0 Å². The quantitative estimate of drug-likeness (QED) is 0.826. The molecule has 0 radical (unpaired) electrons. The molecule has 0 unspecified atom stereocenters. The zero-order valence-corrected chi connectivity index (χ0v) is 14.4. The molecule has 126 valence electrons. The second kappa shape index (κ2) is 5.89. The maximum Gasteiger partial charge on any atom is 0.151 e. The Morgan fingerprint density at radius 2 is 1.75 bits per heavy atom. The van der Waals surface area contributed by atoms with Gasteiger partial charge in [-0.15, -0.1) is 5.10 Å². The average Bonchev–Trinajstić information content (AvgIpc) is 3.39. The number of nitrogens with zero attached hydrogens (tertiary/aromatic N) is 7. The van der Waals surface area contributed by atoms with Gasteiger partial charge in [0.1, 0.15) is 18.0 Å². The summed E-state index contributed by atoms with van der Waals surface area (Å²) in [4.78, 5) is 15.1. The minimum absolute atomic E-state index is 0.430. The molecule has 3 heterocycles. The van der Waals surface area contributed by atoms with Gasteiger partial charge in [0.05, 0.1) is 11.7 Å². The summed E-state index contributed by atoms with van der Waals surface area (Å²) in [5.41, 5.74) is 1.14. The molecule has 7 heteroatoms. The Morgan fingerprint density at radius 1 is 1.00 bits per heavy atom. The van der Waals surface area contributed by atoms with Crippen LogP contribution in [0, 0.1) is 0 Å². The topological polar surface area (TPSA) is 61.3 Å². The van der Waals surface area contributed by atoms with Gasteiger partial charge in [-0.1, -0.05) is 0 Å². The molecule has 4 rings (SSSR count). The van der Waals surface area contributed by atoms with Gasteiger partial charge in [0, 0.05) is 46.2 Å². The van der Waals surface area contributed by atoms with Crippen LogP contribution in [-0.4, -0.2) is 60.4 Å². The van der Waals surface area contributed by atoms with E-state index in [1.165, 1.54) is 12.8 Å². The van der Waals surface area contributed by atoms with E-state index in [0.717, 1.165) is 36.2 Å². The van der Waals surface area contributed by atoms with E-state index in [0.29, 0.717) is 12.0 Å². The van der Waals surface area contributed by atoms with Gasteiger partial charge in [0.2, 0.25) is 0 Å². The Kier molecular flexibility index (Phi) is 3.70. The van der Waals surface area contributed by atoms with Crippen LogP contribution in [0.2, 0.25) is 0 Å². The summed E-state index contributed by atoms with van der Waals surface area (Å²) in [6, 6.07) is 6.68. The number of likely N-dealkylation sites (N-methyl/N-ethyl adjacent to an activating group) is 1. The average molecular weight is 325 g/mol. The Hall–Kier alpha value is -2.44. The van der Waals surface area contributed by atoms with Gasteiger partial charge in [-0.25, -0.2) is 9.97 Å². The van der Waals surface area contributed by atoms with Gasteiger partial charge < -0.3 is 14.7 Å². The molecule has 0 spiro atoms. The first-order chi connectivity index (χ1) is 11.6. The summed E-state index contributed by atoms with van der Waals surface area (Å²) in [6.45, 7) is 1.88. The fourth-order valence-electron chi connectivity index (χ4n) is 2.95. The zero-order valence-electron chi connectivity index (χ0n) is 14.4. The van der Waals surface area contributed by atoms with Crippen molar-refractivity contribution in [1.82, 2.24) is 20.2 Å². The van der Waals surface area contributed by atoms with Gasteiger partial charge in [0.25, 0.3) is 0 Å². The molecule has 2 fully saturated rings. The highest BCUT2D eigenvalue weighted by Crippen LogP contribution is 2.39. The monoisotopic (exact) mass is 325 g/mol. The Balaban J connectivity index is 1.38. The molecular weight excluding hydrogens is 302 g/mol. The molecule has 1 saturated carbocycles. The van der Waals surface area contributed by atoms with Crippen LogP contribution in [0.3, 0.4) is 0 Å². The number of aromatic nitrogens is 4. The first kappa shape index (κ1) is 15.1. The third-order valence-corrected chi connectivity index (χ3v) is 4.86. The highest BCUT2D eigenvalue weighted by Gasteiger charge is 2.32. The molecule has 1 saturated heterocycles. The van der Waals surface area contributed by atoms with Crippen molar-refractivity contribution >= 4 is 17.5 Å². The summed E-state index contributed by atoms with van der Waals surface area (Å²) in [6.07, 6.45) is 4.15. The third-order valence-electron chi connectivity index (χ3n) is 4.86. The predicted octanol–water partition coefficient (Wildman–Crippen LogP) is 1.53. The van der Waals surface area contributed by atoms with E-state index in [2.05, 4.69) is 49.1 Å². The maximum absolute atomic E-state index is 4.40. The highest BCUT2D eigenvalue weighted by molar-refractivity contribution is 5.52. The van der Waals surface area contributed by atoms with Crippen LogP contribution >= 0.6 is 0 Å². The van der Waals surface area contributed by atoms with Crippen molar-refractivity contribution in [2.45, 2.75) is 24.8 Å². The number of hydrogen-bond acceptors (Lipinski definition) is 7. The lowest BCUT2D eigenvalue weighted by Crippen LogP contribution is -2.59. The van der Waals surface area contributed by atoms with Crippen molar-refractivity contribution in [3.63, 3.8) is 0 Å². The number of anilines is 3. The normalized spacial score (nSPS) is 17.5. The van der Waals surface area contributed by atoms with Gasteiger partial charge in [-0.2, -0.15) is 5.10 Å². The summed E-state index contributed by atoms with van der Waals surface area (Å²) in [5.74, 6) is 3.50. The lowest BCUT2D eigenvalue weighted by Gasteiger charge is -2.44. The molecule has 0 aromatic carbocycles. The van der Waals surface area contributed by atoms with Gasteiger partial charge >= 0.3 is 0 Å². The Labute approximate surface area is 142 Å². The van der Waals surface area contributed by atoms with E-state index in [1.54, 1.807) is 6.33 Å². The SMILES string of the molecule is CN(C)c1cc(N(C)C2CN(c3ccc(C4CC4)nn3)C2)ncn1. The molecular formula is C17H23N7. The van der Waals surface area contributed by atoms with Crippen LogP contribution in [0.25, 0.3) is 0 Å². The van der Waals surface area contributed by atoms with E-state index >= 15 is 0 Å². The molecule has 1 aliphatic heterocycles. The summed E-state index contributed by atoms with van der Waals surface area (Å²) in [5, 5.41) is 8.76. The predicted molar refractivity (Wildman–Crippen MR) is 94.8 cm³/mol. The zero-order chi connectivity index (χ0) is 16.7. The van der Waals surface area contributed by atoms with Gasteiger partial charge in [0.15, 0.2) is 5.82 Å². The minimum Gasteiger partial charge on any atom is -0.363 e. The van der Waals surface area contributed by atoms with Crippen molar-refractivity contribution < 1.29 is 0 Å². The molecule has 7 nitrogen and oxygen atoms in total. The first-order valence-corrected chi connectivity index (χ1v) is 8.42. The number of hydrogen-bond donors (Lipinski definition) is 0. The lowest BCUT2D eigenvalue weighted by atomic mass is 10.1. The van der Waals surface area contributed by atoms with E-state index in [4.69, 9.17) is 0 Å². The van der Waals surface area contributed by atoms with E-state index in [9.17, 15) is 0 Å². The van der Waals surface area contributed by atoms with Crippen LogP contribution in [0.4, 0.5) is 17.5 Å². The van der Waals surface area contributed by atoms with E-state index in [-0.39, 0.29) is 0 Å². The van der Waals surface area contributed by atoms with Gasteiger partial charge in [-0.05, 0) is 25.0 Å². The third kappa shape index (κ3) is 2.86. The molecule has 0 N–H and O–H groups in total. The smallest absolute Gasteiger partial charge is 0.151 e. The lowest BCUT2D eigenvalue weighted by molar-refractivity contribution is 0.487. The molecule has 0 bridgehead atoms. The Morgan fingerprint density at radius 3 is 2.38 bits per heavy atom. The first-order valence-electron chi connectivity index (χ1n) is 8.42. The molecule has 0 amide bonds. The molecule has 2 aromatic heterocycles. The standard InChI is InChI=1S/C17H23N7/c1-22(2)16-8-17(19-11-18-16)23(3)13-9-24(10-13)15-7-6-14(20-21-15)12-4-5-12/h6-8,11-13H,4-5,9-10H2,1-3H3. The van der Waals surface area contributed by atoms with Crippen molar-refractivity contribution in [1.29, 1.82) is 0 Å². The molecule has 1 aliphatic carbocycles. The van der Waals surface area contributed by atoms with Crippen molar-refractivity contribution in [3.05, 3.63) is 30.2 Å². The van der Waals surface area contributed by atoms with Crippen molar-refractivity contribution in [2.24, 2.45) is 0 Å². The van der Waals surface area contributed by atoms with E-state index < -0.39 is 0 Å². The summed E-state index contributed by atoms with van der Waals surface area (Å²) >= 11 is 0. The molecule has 0 atom stereocenters. The van der Waals surface area contributed by atoms with Crippen molar-refractivity contribution in [2.75, 3.05) is 48.9 Å². The van der Waals surface area contributed by atoms with Crippen LogP contribution in [0.5, 0.6) is 0 Å². The Bertz CT molecular complexity index is 705. The van der Waals surface area contributed by atoms with E-state index in [1.807, 2.05) is 25.1 Å². The fraction of sp³-hybridized carbons (Fsp3) is 0.529. The summed E-state index contributed by atoms with van der Waals surface area (Å²) < 4.78 is 0. The number of rotatable bonds is 5. The van der Waals surface area contributed by atoms with Crippen LogP contribution < -0.4 is 14.7 Å². The molecule has 2 aromatic rings.